The summed E-state index contributed by atoms with van der Waals surface area (Å²) in [5, 5.41) is 8.74. The molecule has 1 aliphatic carbocycles. The number of anilines is 1. The number of rotatable bonds is 7. The third-order valence-corrected chi connectivity index (χ3v) is 11.4. The van der Waals surface area contributed by atoms with Crippen LogP contribution in [0.4, 0.5) is 5.69 Å². The third kappa shape index (κ3) is 4.94. The van der Waals surface area contributed by atoms with Crippen LogP contribution in [-0.2, 0) is 12.0 Å². The van der Waals surface area contributed by atoms with Gasteiger partial charge in [-0.05, 0) is 109 Å². The van der Waals surface area contributed by atoms with E-state index in [1.165, 1.54) is 60.5 Å². The summed E-state index contributed by atoms with van der Waals surface area (Å²) in [6, 6.07) is 58.8. The van der Waals surface area contributed by atoms with Crippen molar-refractivity contribution in [3.63, 3.8) is 0 Å². The molecule has 1 aliphatic rings. The van der Waals surface area contributed by atoms with Crippen LogP contribution < -0.4 is 10.1 Å². The van der Waals surface area contributed by atoms with Crippen molar-refractivity contribution in [1.29, 1.82) is 0 Å². The second kappa shape index (κ2) is 12.5. The molecule has 0 aliphatic heterocycles. The molecule has 0 spiro atoms. The minimum atomic E-state index is -0.126. The molecule has 4 heteroatoms. The van der Waals surface area contributed by atoms with Crippen molar-refractivity contribution in [2.24, 2.45) is 0 Å². The van der Waals surface area contributed by atoms with Gasteiger partial charge in [-0.2, -0.15) is 0 Å². The van der Waals surface area contributed by atoms with Crippen LogP contribution in [0.25, 0.3) is 71.9 Å². The molecular weight excluding hydrogens is 659 g/mol. The van der Waals surface area contributed by atoms with Gasteiger partial charge in [-0.3, -0.25) is 4.57 Å². The molecule has 0 fully saturated rings. The first-order valence-electron chi connectivity index (χ1n) is 18.6. The molecule has 10 rings (SSSR count). The lowest BCUT2D eigenvalue weighted by molar-refractivity contribution is 0.416. The first kappa shape index (κ1) is 32.0. The van der Waals surface area contributed by atoms with E-state index in [0.717, 1.165) is 39.5 Å². The van der Waals surface area contributed by atoms with Gasteiger partial charge in [0, 0.05) is 23.2 Å². The number of para-hydroxylation sites is 5. The van der Waals surface area contributed by atoms with Gasteiger partial charge in [0.1, 0.15) is 11.6 Å². The van der Waals surface area contributed by atoms with E-state index in [-0.39, 0.29) is 5.41 Å². The van der Waals surface area contributed by atoms with Crippen molar-refractivity contribution in [3.05, 3.63) is 180 Å². The highest BCUT2D eigenvalue weighted by atomic mass is 16.5. The molecule has 0 bridgehead atoms. The smallest absolute Gasteiger partial charge is 0.145 e. The van der Waals surface area contributed by atoms with E-state index >= 15 is 0 Å². The molecule has 0 atom stereocenters. The lowest BCUT2D eigenvalue weighted by atomic mass is 9.80. The predicted molar refractivity (Wildman–Crippen MR) is 225 cm³/mol. The van der Waals surface area contributed by atoms with Gasteiger partial charge in [0.2, 0.25) is 0 Å². The van der Waals surface area contributed by atoms with Crippen molar-refractivity contribution >= 4 is 38.3 Å². The molecule has 260 valence electrons. The lowest BCUT2D eigenvalue weighted by Gasteiger charge is -2.24. The third-order valence-electron chi connectivity index (χ3n) is 11.4. The molecule has 0 radical (unpaired) electrons. The van der Waals surface area contributed by atoms with Gasteiger partial charge in [-0.25, -0.2) is 4.98 Å². The Balaban J connectivity index is 1.19. The zero-order chi connectivity index (χ0) is 36.4. The predicted octanol–water partition coefficient (Wildman–Crippen LogP) is 12.6. The summed E-state index contributed by atoms with van der Waals surface area (Å²) in [5.74, 6) is 1.76. The van der Waals surface area contributed by atoms with E-state index < -0.39 is 0 Å². The van der Waals surface area contributed by atoms with Crippen LogP contribution in [0, 0.1) is 0 Å². The molecule has 1 heterocycles. The summed E-state index contributed by atoms with van der Waals surface area (Å²) in [6.07, 6.45) is 0. The maximum Gasteiger partial charge on any atom is 0.145 e. The van der Waals surface area contributed by atoms with Crippen molar-refractivity contribution in [3.8, 4) is 45.1 Å². The molecule has 54 heavy (non-hydrogen) atoms. The van der Waals surface area contributed by atoms with Crippen LogP contribution in [0.5, 0.6) is 5.75 Å². The Kier molecular flexibility index (Phi) is 7.41. The van der Waals surface area contributed by atoms with E-state index in [4.69, 9.17) is 9.72 Å². The topological polar surface area (TPSA) is 39.1 Å². The fourth-order valence-corrected chi connectivity index (χ4v) is 8.78. The molecule has 0 unspecified atom stereocenters. The average Bonchev–Trinajstić information content (AvgIpc) is 3.72. The van der Waals surface area contributed by atoms with Crippen molar-refractivity contribution in [2.45, 2.75) is 25.8 Å². The SMILES string of the molecule is COc1ccccc1NCc1c2ccccc2c(-c2ccc(-c3nc4ccccc4n3-c3ccccc3)cc2)c2cc3c(cc12)-c1ccccc1C3(C)C. The minimum absolute atomic E-state index is 0.126. The Labute approximate surface area is 315 Å². The van der Waals surface area contributed by atoms with E-state index in [0.29, 0.717) is 6.54 Å². The van der Waals surface area contributed by atoms with Crippen molar-refractivity contribution < 1.29 is 4.74 Å². The number of hydrogen-bond acceptors (Lipinski definition) is 3. The molecule has 8 aromatic carbocycles. The quantitative estimate of drug-likeness (QED) is 0.169. The molecule has 9 aromatic rings. The maximum atomic E-state index is 5.73. The lowest BCUT2D eigenvalue weighted by Crippen LogP contribution is -2.15. The Morgan fingerprint density at radius 2 is 1.28 bits per heavy atom. The second-order valence-corrected chi connectivity index (χ2v) is 14.7. The van der Waals surface area contributed by atoms with Crippen LogP contribution >= 0.6 is 0 Å². The highest BCUT2D eigenvalue weighted by Gasteiger charge is 2.36. The van der Waals surface area contributed by atoms with Crippen LogP contribution in [0.3, 0.4) is 0 Å². The summed E-state index contributed by atoms with van der Waals surface area (Å²) in [5.41, 5.74) is 14.2. The summed E-state index contributed by atoms with van der Waals surface area (Å²) in [7, 11) is 1.73. The largest absolute Gasteiger partial charge is 0.495 e. The monoisotopic (exact) mass is 697 g/mol. The Bertz CT molecular complexity index is 2890. The number of nitrogens with one attached hydrogen (secondary N) is 1. The number of nitrogens with zero attached hydrogens (tertiary/aromatic N) is 2. The highest BCUT2D eigenvalue weighted by molar-refractivity contribution is 6.16. The number of imidazole rings is 1. The standard InChI is InChI=1S/C50H39N3O/c1-50(2)42-20-10-9-18-36(42)39-29-38-40(30-43(39)50)48(37-19-8-7-17-35(37)41(38)31-51-45-22-12-14-24-47(45)54-3)32-25-27-33(28-26-32)49-52-44-21-11-13-23-46(44)53(49)34-15-5-4-6-16-34/h4-30,51H,31H2,1-3H3. The highest BCUT2D eigenvalue weighted by Crippen LogP contribution is 2.52. The number of hydrogen-bond donors (Lipinski definition) is 1. The summed E-state index contributed by atoms with van der Waals surface area (Å²) < 4.78 is 8.00. The molecule has 1 N–H and O–H groups in total. The number of ether oxygens (including phenoxy) is 1. The first-order valence-corrected chi connectivity index (χ1v) is 18.6. The normalized spacial score (nSPS) is 12.9. The fourth-order valence-electron chi connectivity index (χ4n) is 8.78. The number of fused-ring (bicyclic) bond motifs is 6. The summed E-state index contributed by atoms with van der Waals surface area (Å²) in [4.78, 5) is 5.15. The van der Waals surface area contributed by atoms with Crippen LogP contribution in [-0.4, -0.2) is 16.7 Å². The number of aromatic nitrogens is 2. The second-order valence-electron chi connectivity index (χ2n) is 14.7. The van der Waals surface area contributed by atoms with Crippen molar-refractivity contribution in [2.75, 3.05) is 12.4 Å². The average molecular weight is 698 g/mol. The minimum Gasteiger partial charge on any atom is -0.495 e. The maximum absolute atomic E-state index is 5.73. The number of benzene rings is 8. The van der Waals surface area contributed by atoms with Gasteiger partial charge in [0.05, 0.1) is 23.8 Å². The van der Waals surface area contributed by atoms with Gasteiger partial charge in [0.25, 0.3) is 0 Å². The molecule has 0 amide bonds. The molecular formula is C50H39N3O. The molecule has 4 nitrogen and oxygen atoms in total. The van der Waals surface area contributed by atoms with E-state index in [1.807, 2.05) is 12.1 Å². The summed E-state index contributed by atoms with van der Waals surface area (Å²) in [6.45, 7) is 5.38. The van der Waals surface area contributed by atoms with E-state index in [2.05, 4.69) is 175 Å². The fraction of sp³-hybridized carbons (Fsp3) is 0.100. The zero-order valence-corrected chi connectivity index (χ0v) is 30.6. The zero-order valence-electron chi connectivity index (χ0n) is 30.6. The number of methoxy groups -OCH3 is 1. The van der Waals surface area contributed by atoms with Gasteiger partial charge < -0.3 is 10.1 Å². The molecule has 0 saturated heterocycles. The van der Waals surface area contributed by atoms with Gasteiger partial charge in [0.15, 0.2) is 0 Å². The molecule has 0 saturated carbocycles. The van der Waals surface area contributed by atoms with Crippen molar-refractivity contribution in [1.82, 2.24) is 9.55 Å². The Morgan fingerprint density at radius 1 is 0.593 bits per heavy atom. The van der Waals surface area contributed by atoms with E-state index in [1.54, 1.807) is 7.11 Å². The summed E-state index contributed by atoms with van der Waals surface area (Å²) >= 11 is 0. The van der Waals surface area contributed by atoms with Gasteiger partial charge >= 0.3 is 0 Å². The van der Waals surface area contributed by atoms with Crippen LogP contribution in [0.1, 0.15) is 30.5 Å². The van der Waals surface area contributed by atoms with E-state index in [9.17, 15) is 0 Å². The van der Waals surface area contributed by atoms with Gasteiger partial charge in [-0.1, -0.05) is 129 Å². The van der Waals surface area contributed by atoms with Crippen LogP contribution in [0.15, 0.2) is 164 Å². The Morgan fingerprint density at radius 3 is 2.11 bits per heavy atom. The first-order chi connectivity index (χ1) is 26.5. The Hall–Kier alpha value is -6.65. The molecule has 1 aromatic heterocycles. The van der Waals surface area contributed by atoms with Gasteiger partial charge in [-0.15, -0.1) is 0 Å². The van der Waals surface area contributed by atoms with Crippen LogP contribution in [0.2, 0.25) is 0 Å².